The van der Waals surface area contributed by atoms with Crippen LogP contribution >= 0.6 is 27.5 Å². The maximum atomic E-state index is 11.9. The molecule has 0 fully saturated rings. The first-order chi connectivity index (χ1) is 8.41. The van der Waals surface area contributed by atoms with E-state index in [0.29, 0.717) is 22.9 Å². The Morgan fingerprint density at radius 3 is 2.72 bits per heavy atom. The molecule has 0 aliphatic rings. The first-order valence-electron chi connectivity index (χ1n) is 5.73. The van der Waals surface area contributed by atoms with Crippen LogP contribution in [0.5, 0.6) is 0 Å². The number of carbonyl (C=O) groups is 1. The maximum Gasteiger partial charge on any atom is 0.254 e. The van der Waals surface area contributed by atoms with Crippen LogP contribution in [0.3, 0.4) is 0 Å². The van der Waals surface area contributed by atoms with Gasteiger partial charge in [0.15, 0.2) is 0 Å². The van der Waals surface area contributed by atoms with Crippen molar-refractivity contribution in [3.05, 3.63) is 27.5 Å². The number of nitrogens with one attached hydrogen (secondary N) is 1. The van der Waals surface area contributed by atoms with Crippen LogP contribution in [-0.2, 0) is 0 Å². The number of aromatic nitrogens is 1. The molecule has 100 valence electrons. The summed E-state index contributed by atoms with van der Waals surface area (Å²) in [5.41, 5.74) is -0.581. The molecule has 18 heavy (non-hydrogen) atoms. The van der Waals surface area contributed by atoms with E-state index in [1.807, 2.05) is 13.8 Å². The molecule has 6 heteroatoms. The van der Waals surface area contributed by atoms with E-state index in [4.69, 9.17) is 11.6 Å². The third-order valence-corrected chi connectivity index (χ3v) is 3.68. The van der Waals surface area contributed by atoms with Crippen molar-refractivity contribution in [2.24, 2.45) is 0 Å². The fraction of sp³-hybridized carbons (Fsp3) is 0.500. The molecule has 4 nitrogen and oxygen atoms in total. The van der Waals surface area contributed by atoms with Gasteiger partial charge in [-0.3, -0.25) is 4.79 Å². The molecule has 0 unspecified atom stereocenters. The Hall–Kier alpha value is -0.650. The van der Waals surface area contributed by atoms with Gasteiger partial charge >= 0.3 is 0 Å². The molecule has 0 radical (unpaired) electrons. The van der Waals surface area contributed by atoms with E-state index in [0.717, 1.165) is 0 Å². The lowest BCUT2D eigenvalue weighted by Crippen LogP contribution is -2.42. The zero-order valence-corrected chi connectivity index (χ0v) is 12.7. The van der Waals surface area contributed by atoms with Crippen LogP contribution < -0.4 is 5.32 Å². The van der Waals surface area contributed by atoms with Gasteiger partial charge in [-0.25, -0.2) is 4.98 Å². The fourth-order valence-electron chi connectivity index (χ4n) is 1.42. The van der Waals surface area contributed by atoms with Crippen molar-refractivity contribution in [3.63, 3.8) is 0 Å². The Kier molecular flexibility index (Phi) is 5.56. The molecule has 0 aliphatic carbocycles. The summed E-state index contributed by atoms with van der Waals surface area (Å²) in [5, 5.41) is 12.9. The Bertz CT molecular complexity index is 436. The summed E-state index contributed by atoms with van der Waals surface area (Å²) >= 11 is 9.09. The van der Waals surface area contributed by atoms with Gasteiger partial charge in [0.2, 0.25) is 0 Å². The van der Waals surface area contributed by atoms with E-state index >= 15 is 0 Å². The number of hydrogen-bond donors (Lipinski definition) is 2. The normalized spacial score (nSPS) is 11.4. The second-order valence-corrected chi connectivity index (χ2v) is 5.38. The third-order valence-electron chi connectivity index (χ3n) is 2.94. The lowest BCUT2D eigenvalue weighted by atomic mass is 9.97. The first-order valence-corrected chi connectivity index (χ1v) is 6.90. The molecule has 1 heterocycles. The quantitative estimate of drug-likeness (QED) is 0.813. The van der Waals surface area contributed by atoms with E-state index in [1.54, 1.807) is 6.07 Å². The van der Waals surface area contributed by atoms with E-state index in [1.165, 1.54) is 6.20 Å². The first kappa shape index (κ1) is 15.4. The molecule has 1 aromatic rings. The number of pyridine rings is 1. The van der Waals surface area contributed by atoms with Crippen LogP contribution in [0.4, 0.5) is 0 Å². The SMILES string of the molecule is CCC(O)(CC)CNC(=O)c1cc(Br)cnc1Cl. The summed E-state index contributed by atoms with van der Waals surface area (Å²) in [4.78, 5) is 15.8. The monoisotopic (exact) mass is 334 g/mol. The molecule has 0 aromatic carbocycles. The van der Waals surface area contributed by atoms with Crippen LogP contribution in [0.1, 0.15) is 37.0 Å². The molecule has 0 saturated heterocycles. The summed E-state index contributed by atoms with van der Waals surface area (Å²) in [5.74, 6) is -0.339. The number of amides is 1. The minimum atomic E-state index is -0.873. The zero-order valence-electron chi connectivity index (χ0n) is 10.3. The highest BCUT2D eigenvalue weighted by Crippen LogP contribution is 2.18. The molecular formula is C12H16BrClN2O2. The molecular weight excluding hydrogens is 320 g/mol. The minimum Gasteiger partial charge on any atom is -0.388 e. The van der Waals surface area contributed by atoms with Crippen molar-refractivity contribution in [1.82, 2.24) is 10.3 Å². The number of nitrogens with zero attached hydrogens (tertiary/aromatic N) is 1. The van der Waals surface area contributed by atoms with Gasteiger partial charge in [-0.2, -0.15) is 0 Å². The zero-order chi connectivity index (χ0) is 13.8. The lowest BCUT2D eigenvalue weighted by molar-refractivity contribution is 0.0314. The Labute approximate surface area is 120 Å². The van der Waals surface area contributed by atoms with Crippen LogP contribution in [0.15, 0.2) is 16.7 Å². The summed E-state index contributed by atoms with van der Waals surface area (Å²) in [7, 11) is 0. The number of rotatable bonds is 5. The third kappa shape index (κ3) is 3.93. The van der Waals surface area contributed by atoms with Crippen LogP contribution in [0.2, 0.25) is 5.15 Å². The second kappa shape index (κ2) is 6.50. The largest absolute Gasteiger partial charge is 0.388 e. The summed E-state index contributed by atoms with van der Waals surface area (Å²) in [6.45, 7) is 3.95. The van der Waals surface area contributed by atoms with Gasteiger partial charge in [-0.1, -0.05) is 25.4 Å². The molecule has 0 spiro atoms. The maximum absolute atomic E-state index is 11.9. The molecule has 0 aliphatic heterocycles. The molecule has 2 N–H and O–H groups in total. The van der Waals surface area contributed by atoms with Crippen molar-refractivity contribution in [2.45, 2.75) is 32.3 Å². The van der Waals surface area contributed by atoms with Gasteiger partial charge in [0, 0.05) is 17.2 Å². The summed E-state index contributed by atoms with van der Waals surface area (Å²) in [6.07, 6.45) is 2.68. The summed E-state index contributed by atoms with van der Waals surface area (Å²) in [6, 6.07) is 1.60. The van der Waals surface area contributed by atoms with Crippen molar-refractivity contribution in [2.75, 3.05) is 6.54 Å². The van der Waals surface area contributed by atoms with Gasteiger partial charge in [-0.15, -0.1) is 0 Å². The highest BCUT2D eigenvalue weighted by atomic mass is 79.9. The molecule has 1 rings (SSSR count). The Balaban J connectivity index is 2.74. The lowest BCUT2D eigenvalue weighted by Gasteiger charge is -2.25. The van der Waals surface area contributed by atoms with Crippen LogP contribution in [0, 0.1) is 0 Å². The van der Waals surface area contributed by atoms with Gasteiger partial charge in [-0.05, 0) is 34.8 Å². The fourth-order valence-corrected chi connectivity index (χ4v) is 1.94. The average Bonchev–Trinajstić information content (AvgIpc) is 2.38. The van der Waals surface area contributed by atoms with Crippen molar-refractivity contribution in [1.29, 1.82) is 0 Å². The molecule has 0 bridgehead atoms. The molecule has 1 amide bonds. The highest BCUT2D eigenvalue weighted by molar-refractivity contribution is 9.10. The van der Waals surface area contributed by atoms with Crippen LogP contribution in [0.25, 0.3) is 0 Å². The predicted octanol–water partition coefficient (Wildman–Crippen LogP) is 2.78. The molecule has 0 saturated carbocycles. The number of carbonyl (C=O) groups excluding carboxylic acids is 1. The standard InChI is InChI=1S/C12H16BrClN2O2/c1-3-12(18,4-2)7-16-11(17)9-5-8(13)6-15-10(9)14/h5-6,18H,3-4,7H2,1-2H3,(H,16,17). The summed E-state index contributed by atoms with van der Waals surface area (Å²) < 4.78 is 0.679. The topological polar surface area (TPSA) is 62.2 Å². The van der Waals surface area contributed by atoms with Crippen LogP contribution in [-0.4, -0.2) is 28.1 Å². The Morgan fingerprint density at radius 1 is 1.56 bits per heavy atom. The van der Waals surface area contributed by atoms with Crippen molar-refractivity contribution >= 4 is 33.4 Å². The van der Waals surface area contributed by atoms with E-state index in [-0.39, 0.29) is 17.6 Å². The minimum absolute atomic E-state index is 0.146. The van der Waals surface area contributed by atoms with Gasteiger partial charge in [0.05, 0.1) is 11.2 Å². The smallest absolute Gasteiger partial charge is 0.254 e. The van der Waals surface area contributed by atoms with Gasteiger partial charge < -0.3 is 10.4 Å². The Morgan fingerprint density at radius 2 is 2.17 bits per heavy atom. The number of halogens is 2. The van der Waals surface area contributed by atoms with Crippen molar-refractivity contribution < 1.29 is 9.90 Å². The van der Waals surface area contributed by atoms with Gasteiger partial charge in [0.1, 0.15) is 5.15 Å². The average molecular weight is 336 g/mol. The molecule has 0 atom stereocenters. The number of aliphatic hydroxyl groups is 1. The molecule has 1 aromatic heterocycles. The second-order valence-electron chi connectivity index (χ2n) is 4.11. The van der Waals surface area contributed by atoms with E-state index in [9.17, 15) is 9.90 Å². The predicted molar refractivity (Wildman–Crippen MR) is 74.8 cm³/mol. The van der Waals surface area contributed by atoms with Gasteiger partial charge in [0.25, 0.3) is 5.91 Å². The van der Waals surface area contributed by atoms with E-state index in [2.05, 4.69) is 26.2 Å². The van der Waals surface area contributed by atoms with E-state index < -0.39 is 5.60 Å². The highest BCUT2D eigenvalue weighted by Gasteiger charge is 2.23. The van der Waals surface area contributed by atoms with Crippen molar-refractivity contribution in [3.8, 4) is 0 Å². The number of hydrogen-bond acceptors (Lipinski definition) is 3.